The molecule has 5 nitrogen and oxygen atoms in total. The molecule has 92 valence electrons. The van der Waals surface area contributed by atoms with Gasteiger partial charge in [0.05, 0.1) is 17.6 Å². The van der Waals surface area contributed by atoms with Crippen LogP contribution < -0.4 is 11.1 Å². The molecule has 1 amide bonds. The van der Waals surface area contributed by atoms with Crippen LogP contribution in [0, 0.1) is 5.92 Å². The third kappa shape index (κ3) is 2.00. The van der Waals surface area contributed by atoms with E-state index in [1.807, 2.05) is 30.4 Å². The van der Waals surface area contributed by atoms with Crippen LogP contribution in [0.5, 0.6) is 0 Å². The largest absolute Gasteiger partial charge is 0.326 e. The number of fused-ring (bicyclic) bond motifs is 1. The first kappa shape index (κ1) is 11.0. The van der Waals surface area contributed by atoms with Gasteiger partial charge in [-0.15, -0.1) is 0 Å². The maximum absolute atomic E-state index is 12.0. The van der Waals surface area contributed by atoms with E-state index < -0.39 is 0 Å². The Labute approximate surface area is 104 Å². The Morgan fingerprint density at radius 1 is 1.44 bits per heavy atom. The molecule has 0 aliphatic heterocycles. The predicted octanol–water partition coefficient (Wildman–Crippen LogP) is 1.40. The first-order valence-corrected chi connectivity index (χ1v) is 5.90. The number of nitrogens with two attached hydrogens (primary N) is 1. The summed E-state index contributed by atoms with van der Waals surface area (Å²) >= 11 is 0. The lowest BCUT2D eigenvalue weighted by Crippen LogP contribution is -2.23. The minimum Gasteiger partial charge on any atom is -0.326 e. The first-order valence-electron chi connectivity index (χ1n) is 5.90. The quantitative estimate of drug-likeness (QED) is 0.696. The molecule has 2 atom stereocenters. The first-order chi connectivity index (χ1) is 8.72. The molecule has 3 rings (SSSR count). The summed E-state index contributed by atoms with van der Waals surface area (Å²) in [5.41, 5.74) is 7.41. The number of carbonyl (C=O) groups is 1. The van der Waals surface area contributed by atoms with Gasteiger partial charge in [0.25, 0.3) is 0 Å². The number of hydrogen-bond acceptors (Lipinski definition) is 3. The second kappa shape index (κ2) is 4.27. The number of anilines is 1. The lowest BCUT2D eigenvalue weighted by molar-refractivity contribution is -0.118. The van der Waals surface area contributed by atoms with Crippen molar-refractivity contribution >= 4 is 22.5 Å². The zero-order valence-electron chi connectivity index (χ0n) is 9.76. The van der Waals surface area contributed by atoms with Crippen molar-refractivity contribution in [3.63, 3.8) is 0 Å². The highest BCUT2D eigenvalue weighted by molar-refractivity contribution is 5.96. The van der Waals surface area contributed by atoms with Crippen LogP contribution in [-0.4, -0.2) is 22.1 Å². The van der Waals surface area contributed by atoms with Crippen molar-refractivity contribution in [2.45, 2.75) is 12.5 Å². The van der Waals surface area contributed by atoms with Gasteiger partial charge in [0.2, 0.25) is 5.91 Å². The van der Waals surface area contributed by atoms with Crippen molar-refractivity contribution < 1.29 is 4.79 Å². The van der Waals surface area contributed by atoms with E-state index in [0.717, 1.165) is 16.6 Å². The lowest BCUT2D eigenvalue weighted by atomic mass is 10.1. The number of benzene rings is 1. The van der Waals surface area contributed by atoms with Crippen LogP contribution >= 0.6 is 0 Å². The van der Waals surface area contributed by atoms with Gasteiger partial charge in [-0.3, -0.25) is 9.89 Å². The highest BCUT2D eigenvalue weighted by Crippen LogP contribution is 2.21. The Kier molecular flexibility index (Phi) is 2.60. The topological polar surface area (TPSA) is 83.8 Å². The summed E-state index contributed by atoms with van der Waals surface area (Å²) in [6.07, 6.45) is 6.18. The Hall–Kier alpha value is -2.14. The Morgan fingerprint density at radius 3 is 3.11 bits per heavy atom. The highest BCUT2D eigenvalue weighted by atomic mass is 16.1. The van der Waals surface area contributed by atoms with Gasteiger partial charge < -0.3 is 11.1 Å². The zero-order valence-corrected chi connectivity index (χ0v) is 9.76. The van der Waals surface area contributed by atoms with Gasteiger partial charge in [-0.25, -0.2) is 0 Å². The summed E-state index contributed by atoms with van der Waals surface area (Å²) in [6, 6.07) is 5.66. The van der Waals surface area contributed by atoms with Crippen LogP contribution in [0.25, 0.3) is 10.9 Å². The fourth-order valence-electron chi connectivity index (χ4n) is 2.17. The van der Waals surface area contributed by atoms with Crippen LogP contribution in [0.4, 0.5) is 5.69 Å². The molecule has 0 radical (unpaired) electrons. The Bertz CT molecular complexity index is 616. The van der Waals surface area contributed by atoms with Gasteiger partial charge in [-0.1, -0.05) is 12.2 Å². The van der Waals surface area contributed by atoms with E-state index in [1.165, 1.54) is 0 Å². The van der Waals surface area contributed by atoms with Crippen molar-refractivity contribution in [2.24, 2.45) is 11.7 Å². The van der Waals surface area contributed by atoms with Crippen LogP contribution in [0.2, 0.25) is 0 Å². The minimum atomic E-state index is -0.127. The van der Waals surface area contributed by atoms with Crippen molar-refractivity contribution in [2.75, 3.05) is 5.32 Å². The molecule has 1 aromatic carbocycles. The number of hydrogen-bond donors (Lipinski definition) is 3. The van der Waals surface area contributed by atoms with Gasteiger partial charge in [-0.05, 0) is 24.6 Å². The van der Waals surface area contributed by atoms with E-state index in [-0.39, 0.29) is 17.9 Å². The second-order valence-corrected chi connectivity index (χ2v) is 4.55. The number of rotatable bonds is 2. The van der Waals surface area contributed by atoms with Gasteiger partial charge in [-0.2, -0.15) is 5.10 Å². The fourth-order valence-corrected chi connectivity index (χ4v) is 2.17. The summed E-state index contributed by atoms with van der Waals surface area (Å²) in [7, 11) is 0. The number of H-pyrrole nitrogens is 1. The summed E-state index contributed by atoms with van der Waals surface area (Å²) in [4.78, 5) is 12.0. The number of aromatic amines is 1. The molecule has 0 saturated carbocycles. The molecule has 5 heteroatoms. The van der Waals surface area contributed by atoms with Gasteiger partial charge in [0.1, 0.15) is 0 Å². The lowest BCUT2D eigenvalue weighted by Gasteiger charge is -2.10. The van der Waals surface area contributed by atoms with E-state index in [1.54, 1.807) is 6.20 Å². The molecule has 1 heterocycles. The molecular weight excluding hydrogens is 228 g/mol. The van der Waals surface area contributed by atoms with Crippen molar-refractivity contribution in [3.05, 3.63) is 36.5 Å². The molecular formula is C13H14N4O. The zero-order chi connectivity index (χ0) is 12.5. The SMILES string of the molecule is NC1C=CC(C(=O)Nc2ccc3cn[nH]c3c2)C1. The normalized spacial score (nSPS) is 22.5. The standard InChI is InChI=1S/C13H14N4O/c14-10-3-1-8(5-10)13(18)16-11-4-2-9-7-15-17-12(9)6-11/h1-4,6-8,10H,5,14H2,(H,15,17)(H,16,18). The van der Waals surface area contributed by atoms with Gasteiger partial charge >= 0.3 is 0 Å². The number of nitrogens with one attached hydrogen (secondary N) is 2. The van der Waals surface area contributed by atoms with Crippen molar-refractivity contribution in [3.8, 4) is 0 Å². The van der Waals surface area contributed by atoms with Crippen LogP contribution in [0.15, 0.2) is 36.5 Å². The molecule has 2 aromatic rings. The molecule has 0 fully saturated rings. The number of aromatic nitrogens is 2. The minimum absolute atomic E-state index is 0.00385. The molecule has 1 aliphatic carbocycles. The molecule has 2 unspecified atom stereocenters. The third-order valence-corrected chi connectivity index (χ3v) is 3.16. The molecule has 0 spiro atoms. The highest BCUT2D eigenvalue weighted by Gasteiger charge is 2.22. The van der Waals surface area contributed by atoms with Crippen LogP contribution in [-0.2, 0) is 4.79 Å². The average Bonchev–Trinajstić information content (AvgIpc) is 2.96. The maximum Gasteiger partial charge on any atom is 0.231 e. The summed E-state index contributed by atoms with van der Waals surface area (Å²) in [5.74, 6) is -0.143. The van der Waals surface area contributed by atoms with E-state index in [0.29, 0.717) is 6.42 Å². The number of amides is 1. The van der Waals surface area contributed by atoms with Gasteiger partial charge in [0.15, 0.2) is 0 Å². The molecule has 4 N–H and O–H groups in total. The van der Waals surface area contributed by atoms with Crippen LogP contribution in [0.1, 0.15) is 6.42 Å². The van der Waals surface area contributed by atoms with Crippen molar-refractivity contribution in [1.29, 1.82) is 0 Å². The average molecular weight is 242 g/mol. The van der Waals surface area contributed by atoms with Crippen molar-refractivity contribution in [1.82, 2.24) is 10.2 Å². The Balaban J connectivity index is 1.75. The molecule has 0 saturated heterocycles. The Morgan fingerprint density at radius 2 is 2.33 bits per heavy atom. The molecule has 0 bridgehead atoms. The maximum atomic E-state index is 12.0. The molecule has 1 aromatic heterocycles. The van der Waals surface area contributed by atoms with E-state index in [2.05, 4.69) is 15.5 Å². The summed E-state index contributed by atoms with van der Waals surface area (Å²) in [6.45, 7) is 0. The number of carbonyl (C=O) groups excluding carboxylic acids is 1. The molecule has 18 heavy (non-hydrogen) atoms. The smallest absolute Gasteiger partial charge is 0.231 e. The van der Waals surface area contributed by atoms with E-state index in [4.69, 9.17) is 5.73 Å². The van der Waals surface area contributed by atoms with E-state index in [9.17, 15) is 4.79 Å². The van der Waals surface area contributed by atoms with Gasteiger partial charge in [0, 0.05) is 17.1 Å². The third-order valence-electron chi connectivity index (χ3n) is 3.16. The fraction of sp³-hybridized carbons (Fsp3) is 0.231. The molecule has 1 aliphatic rings. The summed E-state index contributed by atoms with van der Waals surface area (Å²) in [5, 5.41) is 10.7. The predicted molar refractivity (Wildman–Crippen MR) is 69.9 cm³/mol. The van der Waals surface area contributed by atoms with E-state index >= 15 is 0 Å². The second-order valence-electron chi connectivity index (χ2n) is 4.55. The van der Waals surface area contributed by atoms with Crippen LogP contribution in [0.3, 0.4) is 0 Å². The monoisotopic (exact) mass is 242 g/mol. The number of nitrogens with zero attached hydrogens (tertiary/aromatic N) is 1. The summed E-state index contributed by atoms with van der Waals surface area (Å²) < 4.78 is 0.